The Balaban J connectivity index is 1.99. The summed E-state index contributed by atoms with van der Waals surface area (Å²) in [4.78, 5) is 0.378. The largest absolute Gasteiger partial charge is 0.346 e. The van der Waals surface area contributed by atoms with Gasteiger partial charge in [-0.05, 0) is 23.7 Å². The third-order valence-electron chi connectivity index (χ3n) is 5.23. The molecule has 15 heavy (non-hydrogen) atoms. The highest BCUT2D eigenvalue weighted by atomic mass is 79.9. The van der Waals surface area contributed by atoms with Gasteiger partial charge in [0.25, 0.3) is 0 Å². The molecule has 1 aliphatic heterocycles. The molecule has 0 unspecified atom stereocenters. The van der Waals surface area contributed by atoms with Gasteiger partial charge in [0.1, 0.15) is 0 Å². The molecule has 2 nitrogen and oxygen atoms in total. The Kier molecular flexibility index (Phi) is 2.10. The first kappa shape index (κ1) is 10.5. The molecule has 0 amide bonds. The summed E-state index contributed by atoms with van der Waals surface area (Å²) in [6.45, 7) is 8.66. The summed E-state index contributed by atoms with van der Waals surface area (Å²) in [5, 5.41) is 0. The molecule has 0 radical (unpaired) electrons. The van der Waals surface area contributed by atoms with E-state index in [2.05, 4.69) is 36.7 Å². The Morgan fingerprint density at radius 3 is 2.27 bits per heavy atom. The van der Waals surface area contributed by atoms with Crippen molar-refractivity contribution in [3.8, 4) is 0 Å². The Labute approximate surface area is 99.8 Å². The van der Waals surface area contributed by atoms with Crippen molar-refractivity contribution in [1.82, 2.24) is 0 Å². The molecular weight excluding hydrogens is 256 g/mol. The van der Waals surface area contributed by atoms with Gasteiger partial charge in [-0.3, -0.25) is 0 Å². The molecule has 0 N–H and O–H groups in total. The molecule has 0 aromatic rings. The zero-order valence-corrected chi connectivity index (χ0v) is 11.2. The molecule has 1 spiro atoms. The Bertz CT molecular complexity index is 283. The van der Waals surface area contributed by atoms with Gasteiger partial charge in [-0.2, -0.15) is 0 Å². The maximum absolute atomic E-state index is 5.94. The molecule has 2 aliphatic carbocycles. The molecule has 4 atom stereocenters. The number of alkyl halides is 1. The summed E-state index contributed by atoms with van der Waals surface area (Å²) in [7, 11) is 0. The van der Waals surface area contributed by atoms with Crippen molar-refractivity contribution in [2.24, 2.45) is 23.2 Å². The van der Waals surface area contributed by atoms with Crippen LogP contribution >= 0.6 is 15.9 Å². The normalized spacial score (nSPS) is 50.4. The van der Waals surface area contributed by atoms with Gasteiger partial charge in [0.2, 0.25) is 0 Å². The first-order valence-corrected chi connectivity index (χ1v) is 6.83. The van der Waals surface area contributed by atoms with Crippen LogP contribution in [-0.2, 0) is 9.47 Å². The molecule has 3 aliphatic rings. The number of ether oxygens (including phenoxy) is 2. The van der Waals surface area contributed by atoms with E-state index in [1.807, 2.05) is 0 Å². The van der Waals surface area contributed by atoms with Gasteiger partial charge in [-0.1, -0.05) is 36.7 Å². The van der Waals surface area contributed by atoms with Crippen LogP contribution in [0.25, 0.3) is 0 Å². The minimum atomic E-state index is -0.292. The lowest BCUT2D eigenvalue weighted by molar-refractivity contribution is -0.208. The van der Waals surface area contributed by atoms with E-state index in [1.165, 1.54) is 6.42 Å². The van der Waals surface area contributed by atoms with Crippen molar-refractivity contribution in [1.29, 1.82) is 0 Å². The molecule has 2 saturated carbocycles. The summed E-state index contributed by atoms with van der Waals surface area (Å²) in [5.41, 5.74) is 0.416. The molecule has 1 heterocycles. The van der Waals surface area contributed by atoms with Crippen LogP contribution < -0.4 is 0 Å². The van der Waals surface area contributed by atoms with Crippen LogP contribution in [0.4, 0.5) is 0 Å². The number of hydrogen-bond acceptors (Lipinski definition) is 2. The zero-order chi connectivity index (χ0) is 10.8. The monoisotopic (exact) mass is 274 g/mol. The quantitative estimate of drug-likeness (QED) is 0.633. The number of rotatable bonds is 0. The highest BCUT2D eigenvalue weighted by Crippen LogP contribution is 2.66. The van der Waals surface area contributed by atoms with Gasteiger partial charge >= 0.3 is 0 Å². The molecule has 86 valence electrons. The van der Waals surface area contributed by atoms with E-state index in [0.717, 1.165) is 13.2 Å². The summed E-state index contributed by atoms with van der Waals surface area (Å²) in [6, 6.07) is 0. The first-order valence-electron chi connectivity index (χ1n) is 5.92. The van der Waals surface area contributed by atoms with E-state index >= 15 is 0 Å². The molecule has 0 aromatic heterocycles. The van der Waals surface area contributed by atoms with E-state index in [-0.39, 0.29) is 5.79 Å². The molecule has 0 aromatic carbocycles. The van der Waals surface area contributed by atoms with Crippen LogP contribution in [-0.4, -0.2) is 23.8 Å². The fourth-order valence-electron chi connectivity index (χ4n) is 3.95. The predicted octanol–water partition coefficient (Wildman–Crippen LogP) is 2.81. The number of hydrogen-bond donors (Lipinski definition) is 0. The van der Waals surface area contributed by atoms with E-state index < -0.39 is 0 Å². The molecule has 2 bridgehead atoms. The average Bonchev–Trinajstić information content (AvgIpc) is 2.80. The van der Waals surface area contributed by atoms with Gasteiger partial charge in [-0.25, -0.2) is 0 Å². The maximum atomic E-state index is 5.94. The average molecular weight is 275 g/mol. The fourth-order valence-corrected chi connectivity index (χ4v) is 5.45. The highest BCUT2D eigenvalue weighted by Gasteiger charge is 2.69. The van der Waals surface area contributed by atoms with Gasteiger partial charge < -0.3 is 9.47 Å². The summed E-state index contributed by atoms with van der Waals surface area (Å²) < 4.78 is 11.9. The minimum Gasteiger partial charge on any atom is -0.346 e. The molecule has 3 heteroatoms. The maximum Gasteiger partial charge on any atom is 0.184 e. The molecular formula is C12H19BrO2. The van der Waals surface area contributed by atoms with Crippen LogP contribution in [0, 0.1) is 23.2 Å². The third kappa shape index (κ3) is 1.07. The van der Waals surface area contributed by atoms with Crippen molar-refractivity contribution in [2.75, 3.05) is 13.2 Å². The summed E-state index contributed by atoms with van der Waals surface area (Å²) >= 11 is 3.83. The minimum absolute atomic E-state index is 0.292. The lowest BCUT2D eigenvalue weighted by Crippen LogP contribution is -2.53. The predicted molar refractivity (Wildman–Crippen MR) is 61.9 cm³/mol. The van der Waals surface area contributed by atoms with Crippen molar-refractivity contribution >= 4 is 15.9 Å². The number of halogens is 1. The van der Waals surface area contributed by atoms with Gasteiger partial charge in [-0.15, -0.1) is 0 Å². The summed E-state index contributed by atoms with van der Waals surface area (Å²) in [6.07, 6.45) is 1.25. The van der Waals surface area contributed by atoms with Crippen molar-refractivity contribution < 1.29 is 9.47 Å². The lowest BCUT2D eigenvalue weighted by Gasteiger charge is -2.47. The standard InChI is InChI=1S/C12H19BrO2/c1-7-8-6-9(11(7,2)3)10(13)12(8)14-4-5-15-12/h7-10H,4-6H2,1-3H3/t7-,8+,9+,10-/m0/s1. The Hall–Kier alpha value is 0.400. The summed E-state index contributed by atoms with van der Waals surface area (Å²) in [5.74, 6) is 1.66. The van der Waals surface area contributed by atoms with Gasteiger partial charge in [0.15, 0.2) is 5.79 Å². The van der Waals surface area contributed by atoms with Gasteiger partial charge in [0.05, 0.1) is 18.0 Å². The SMILES string of the molecule is C[C@H]1[C@H]2C[C@H]([C@H](Br)C23OCCO3)C1(C)C. The van der Waals surface area contributed by atoms with E-state index in [1.54, 1.807) is 0 Å². The second-order valence-corrected chi connectivity index (χ2v) is 6.87. The molecule has 3 fully saturated rings. The van der Waals surface area contributed by atoms with E-state index in [4.69, 9.17) is 9.47 Å². The first-order chi connectivity index (χ1) is 7.00. The van der Waals surface area contributed by atoms with Crippen LogP contribution in [0.15, 0.2) is 0 Å². The Morgan fingerprint density at radius 1 is 1.13 bits per heavy atom. The molecule has 3 rings (SSSR count). The second kappa shape index (κ2) is 2.99. The van der Waals surface area contributed by atoms with E-state index in [0.29, 0.717) is 28.0 Å². The van der Waals surface area contributed by atoms with Crippen LogP contribution in [0.2, 0.25) is 0 Å². The van der Waals surface area contributed by atoms with Crippen LogP contribution in [0.1, 0.15) is 27.2 Å². The zero-order valence-electron chi connectivity index (χ0n) is 9.63. The lowest BCUT2D eigenvalue weighted by atomic mass is 9.67. The van der Waals surface area contributed by atoms with Gasteiger partial charge in [0, 0.05) is 5.92 Å². The van der Waals surface area contributed by atoms with E-state index in [9.17, 15) is 0 Å². The third-order valence-corrected chi connectivity index (χ3v) is 6.51. The smallest absolute Gasteiger partial charge is 0.184 e. The Morgan fingerprint density at radius 2 is 1.73 bits per heavy atom. The number of fused-ring (bicyclic) bond motifs is 3. The second-order valence-electron chi connectivity index (χ2n) is 5.88. The topological polar surface area (TPSA) is 18.5 Å². The van der Waals surface area contributed by atoms with Crippen molar-refractivity contribution in [3.63, 3.8) is 0 Å². The van der Waals surface area contributed by atoms with Crippen molar-refractivity contribution in [2.45, 2.75) is 37.8 Å². The highest BCUT2D eigenvalue weighted by molar-refractivity contribution is 9.09. The van der Waals surface area contributed by atoms with Crippen molar-refractivity contribution in [3.05, 3.63) is 0 Å². The molecule has 1 saturated heterocycles. The van der Waals surface area contributed by atoms with Crippen LogP contribution in [0.3, 0.4) is 0 Å². The fraction of sp³-hybridized carbons (Fsp3) is 1.00. The van der Waals surface area contributed by atoms with Crippen LogP contribution in [0.5, 0.6) is 0 Å².